The van der Waals surface area contributed by atoms with Gasteiger partial charge in [-0.3, -0.25) is 14.4 Å². The number of amides is 3. The summed E-state index contributed by atoms with van der Waals surface area (Å²) in [6, 6.07) is 7.42. The maximum absolute atomic E-state index is 13.3. The van der Waals surface area contributed by atoms with Gasteiger partial charge in [0.05, 0.1) is 23.3 Å². The molecule has 8 nitrogen and oxygen atoms in total. The van der Waals surface area contributed by atoms with Crippen molar-refractivity contribution in [1.82, 2.24) is 16.0 Å². The highest BCUT2D eigenvalue weighted by Gasteiger charge is 2.09. The maximum atomic E-state index is 13.3. The van der Waals surface area contributed by atoms with Crippen LogP contribution in [0.5, 0.6) is 11.5 Å². The van der Waals surface area contributed by atoms with Gasteiger partial charge in [-0.1, -0.05) is 23.2 Å². The number of ether oxygens (including phenoxy) is 2. The Morgan fingerprint density at radius 2 is 1.19 bits per heavy atom. The Labute approximate surface area is 185 Å². The number of carbonyl (C=O) groups is 3. The molecular formula is C19H17Cl2F2N3O5. The van der Waals surface area contributed by atoms with E-state index in [1.165, 1.54) is 24.3 Å². The van der Waals surface area contributed by atoms with Crippen LogP contribution < -0.4 is 25.4 Å². The molecule has 2 aromatic carbocycles. The Morgan fingerprint density at radius 1 is 0.742 bits per heavy atom. The van der Waals surface area contributed by atoms with Crippen LogP contribution in [0.3, 0.4) is 0 Å². The summed E-state index contributed by atoms with van der Waals surface area (Å²) in [5.41, 5.74) is 0. The van der Waals surface area contributed by atoms with Crippen LogP contribution in [0.25, 0.3) is 0 Å². The summed E-state index contributed by atoms with van der Waals surface area (Å²) in [5.74, 6) is -2.90. The van der Waals surface area contributed by atoms with Crippen LogP contribution in [0.2, 0.25) is 10.0 Å². The Hall–Kier alpha value is -3.11. The van der Waals surface area contributed by atoms with E-state index in [-0.39, 0.29) is 34.8 Å². The van der Waals surface area contributed by atoms with E-state index in [2.05, 4.69) is 16.0 Å². The van der Waals surface area contributed by atoms with Gasteiger partial charge in [-0.25, -0.2) is 8.78 Å². The number of nitrogens with one attached hydrogen (secondary N) is 3. The SMILES string of the molecule is O=C(CNC(=O)COc1ccc(Cl)c(F)c1)NCNC(=O)COc1ccc(Cl)c(F)c1. The molecule has 0 saturated carbocycles. The fourth-order valence-corrected chi connectivity index (χ4v) is 2.25. The van der Waals surface area contributed by atoms with Crippen molar-refractivity contribution >= 4 is 40.9 Å². The third-order valence-corrected chi connectivity index (χ3v) is 4.15. The molecule has 0 aliphatic rings. The molecule has 12 heteroatoms. The average Bonchev–Trinajstić information content (AvgIpc) is 2.74. The summed E-state index contributed by atoms with van der Waals surface area (Å²) in [4.78, 5) is 35.0. The van der Waals surface area contributed by atoms with Crippen LogP contribution in [0.1, 0.15) is 0 Å². The van der Waals surface area contributed by atoms with Gasteiger partial charge >= 0.3 is 0 Å². The first-order valence-electron chi connectivity index (χ1n) is 8.70. The van der Waals surface area contributed by atoms with Crippen molar-refractivity contribution in [2.24, 2.45) is 0 Å². The zero-order valence-electron chi connectivity index (χ0n) is 15.8. The second kappa shape index (κ2) is 11.9. The van der Waals surface area contributed by atoms with Crippen molar-refractivity contribution in [1.29, 1.82) is 0 Å². The van der Waals surface area contributed by atoms with Crippen molar-refractivity contribution in [3.63, 3.8) is 0 Å². The first-order chi connectivity index (χ1) is 14.7. The standard InChI is InChI=1S/C19H17Cl2F2N3O5/c20-13-3-1-11(5-15(13)22)30-8-18(28)24-7-17(27)25-10-26-19(29)9-31-12-2-4-14(21)16(23)6-12/h1-6H,7-10H2,(H,24,28)(H,25,27)(H,26,29). The first-order valence-corrected chi connectivity index (χ1v) is 9.46. The Balaban J connectivity index is 1.58. The minimum atomic E-state index is -0.688. The number of rotatable bonds is 10. The molecule has 0 aromatic heterocycles. The lowest BCUT2D eigenvalue weighted by Crippen LogP contribution is -2.44. The van der Waals surface area contributed by atoms with Crippen molar-refractivity contribution in [2.75, 3.05) is 26.4 Å². The average molecular weight is 476 g/mol. The maximum Gasteiger partial charge on any atom is 0.259 e. The van der Waals surface area contributed by atoms with Crippen LogP contribution >= 0.6 is 23.2 Å². The molecule has 0 spiro atoms. The third-order valence-electron chi connectivity index (χ3n) is 3.54. The molecular weight excluding hydrogens is 459 g/mol. The number of hydrogen-bond acceptors (Lipinski definition) is 5. The molecule has 2 aromatic rings. The lowest BCUT2D eigenvalue weighted by Gasteiger charge is -2.10. The highest BCUT2D eigenvalue weighted by molar-refractivity contribution is 6.31. The van der Waals surface area contributed by atoms with Crippen molar-refractivity contribution in [3.8, 4) is 11.5 Å². The summed E-state index contributed by atoms with van der Waals surface area (Å²) in [7, 11) is 0. The van der Waals surface area contributed by atoms with Gasteiger partial charge in [-0.05, 0) is 24.3 Å². The minimum absolute atomic E-state index is 0.0722. The van der Waals surface area contributed by atoms with Crippen molar-refractivity contribution in [2.45, 2.75) is 0 Å². The molecule has 31 heavy (non-hydrogen) atoms. The highest BCUT2D eigenvalue weighted by atomic mass is 35.5. The Morgan fingerprint density at radius 3 is 1.68 bits per heavy atom. The number of benzene rings is 2. The van der Waals surface area contributed by atoms with Crippen molar-refractivity contribution < 1.29 is 32.6 Å². The van der Waals surface area contributed by atoms with E-state index in [1.54, 1.807) is 0 Å². The predicted octanol–water partition coefficient (Wildman–Crippen LogP) is 2.04. The van der Waals surface area contributed by atoms with Crippen molar-refractivity contribution in [3.05, 3.63) is 58.1 Å². The van der Waals surface area contributed by atoms with Gasteiger partial charge in [0.15, 0.2) is 13.2 Å². The predicted molar refractivity (Wildman–Crippen MR) is 108 cm³/mol. The zero-order chi connectivity index (χ0) is 22.8. The molecule has 0 fully saturated rings. The second-order valence-corrected chi connectivity index (χ2v) is 6.70. The summed E-state index contributed by atoms with van der Waals surface area (Å²) < 4.78 is 36.7. The summed E-state index contributed by atoms with van der Waals surface area (Å²) in [5, 5.41) is 6.85. The molecule has 0 atom stereocenters. The molecule has 0 bridgehead atoms. The van der Waals surface area contributed by atoms with Crippen LogP contribution in [0, 0.1) is 11.6 Å². The molecule has 0 heterocycles. The molecule has 0 radical (unpaired) electrons. The zero-order valence-corrected chi connectivity index (χ0v) is 17.4. The van der Waals surface area contributed by atoms with Crippen LogP contribution in [-0.2, 0) is 14.4 Å². The van der Waals surface area contributed by atoms with E-state index < -0.39 is 42.6 Å². The second-order valence-electron chi connectivity index (χ2n) is 5.88. The Kier molecular flexibility index (Phi) is 9.29. The van der Waals surface area contributed by atoms with E-state index >= 15 is 0 Å². The van der Waals surface area contributed by atoms with Crippen LogP contribution in [0.4, 0.5) is 8.78 Å². The van der Waals surface area contributed by atoms with Gasteiger partial charge in [-0.15, -0.1) is 0 Å². The highest BCUT2D eigenvalue weighted by Crippen LogP contribution is 2.21. The molecule has 0 aliphatic carbocycles. The minimum Gasteiger partial charge on any atom is -0.484 e. The number of hydrogen-bond donors (Lipinski definition) is 3. The van der Waals surface area contributed by atoms with E-state index in [1.807, 2.05) is 0 Å². The van der Waals surface area contributed by atoms with Crippen LogP contribution in [-0.4, -0.2) is 44.1 Å². The number of halogens is 4. The first kappa shape index (κ1) is 24.2. The third kappa shape index (κ3) is 8.65. The van der Waals surface area contributed by atoms with Gasteiger partial charge in [0, 0.05) is 12.1 Å². The molecule has 0 aliphatic heterocycles. The topological polar surface area (TPSA) is 106 Å². The van der Waals surface area contributed by atoms with Crippen LogP contribution in [0.15, 0.2) is 36.4 Å². The largest absolute Gasteiger partial charge is 0.484 e. The molecule has 3 amide bonds. The summed E-state index contributed by atoms with van der Waals surface area (Å²) in [6.07, 6.45) is 0. The molecule has 2 rings (SSSR count). The molecule has 0 saturated heterocycles. The quantitative estimate of drug-likeness (QED) is 0.456. The molecule has 3 N–H and O–H groups in total. The summed E-state index contributed by atoms with van der Waals surface area (Å²) >= 11 is 11.1. The van der Waals surface area contributed by atoms with E-state index in [4.69, 9.17) is 32.7 Å². The number of carbonyl (C=O) groups excluding carboxylic acids is 3. The van der Waals surface area contributed by atoms with Gasteiger partial charge < -0.3 is 25.4 Å². The van der Waals surface area contributed by atoms with Gasteiger partial charge in [0.25, 0.3) is 11.8 Å². The van der Waals surface area contributed by atoms with Gasteiger partial charge in [0.1, 0.15) is 23.1 Å². The van der Waals surface area contributed by atoms with E-state index in [0.29, 0.717) is 0 Å². The molecule has 0 unspecified atom stereocenters. The lowest BCUT2D eigenvalue weighted by atomic mass is 10.3. The van der Waals surface area contributed by atoms with E-state index in [0.717, 1.165) is 12.1 Å². The molecule has 166 valence electrons. The smallest absolute Gasteiger partial charge is 0.259 e. The van der Waals surface area contributed by atoms with E-state index in [9.17, 15) is 23.2 Å². The summed E-state index contributed by atoms with van der Waals surface area (Å²) in [6.45, 7) is -1.43. The lowest BCUT2D eigenvalue weighted by molar-refractivity contribution is -0.127. The Bertz CT molecular complexity index is 962. The van der Waals surface area contributed by atoms with Gasteiger partial charge in [-0.2, -0.15) is 0 Å². The monoisotopic (exact) mass is 475 g/mol. The fourth-order valence-electron chi connectivity index (χ4n) is 2.02. The van der Waals surface area contributed by atoms with Gasteiger partial charge in [0.2, 0.25) is 5.91 Å². The fraction of sp³-hybridized carbons (Fsp3) is 0.211. The normalized spacial score (nSPS) is 10.2.